The number of rotatable bonds is 5. The van der Waals surface area contributed by atoms with E-state index in [0.29, 0.717) is 30.2 Å². The molecule has 0 spiro atoms. The van der Waals surface area contributed by atoms with Gasteiger partial charge in [0, 0.05) is 32.3 Å². The van der Waals surface area contributed by atoms with Crippen molar-refractivity contribution in [3.8, 4) is 0 Å². The van der Waals surface area contributed by atoms with E-state index >= 15 is 0 Å². The fraction of sp³-hybridized carbons (Fsp3) is 0.600. The Balaban J connectivity index is 2.03. The molecule has 6 heteroatoms. The molecule has 2 heterocycles. The number of aryl methyl sites for hydroxylation is 1. The maximum atomic E-state index is 12.6. The fourth-order valence-electron chi connectivity index (χ4n) is 2.89. The molecule has 116 valence electrons. The van der Waals surface area contributed by atoms with Crippen molar-refractivity contribution in [3.05, 3.63) is 23.0 Å². The number of carboxylic acids is 1. The van der Waals surface area contributed by atoms with E-state index < -0.39 is 5.97 Å². The second-order valence-electron chi connectivity index (χ2n) is 5.52. The molecule has 0 radical (unpaired) electrons. The highest BCUT2D eigenvalue weighted by Crippen LogP contribution is 2.24. The van der Waals surface area contributed by atoms with Crippen LogP contribution in [0.1, 0.15) is 43.1 Å². The Kier molecular flexibility index (Phi) is 5.28. The Hall–Kier alpha value is -1.49. The number of amides is 1. The molecular formula is C15H21ClN2O3. The van der Waals surface area contributed by atoms with Crippen LogP contribution in [-0.4, -0.2) is 39.5 Å². The number of halogens is 1. The maximum absolute atomic E-state index is 12.6. The summed E-state index contributed by atoms with van der Waals surface area (Å²) in [6.07, 6.45) is 4.49. The first-order valence-corrected chi connectivity index (χ1v) is 7.75. The molecule has 0 aromatic carbocycles. The fourth-order valence-corrected chi connectivity index (χ4v) is 3.11. The lowest BCUT2D eigenvalue weighted by atomic mass is 9.93. The summed E-state index contributed by atoms with van der Waals surface area (Å²) in [6, 6.07) is 1.70. The Labute approximate surface area is 129 Å². The highest BCUT2D eigenvalue weighted by molar-refractivity contribution is 6.31. The predicted octanol–water partition coefficient (Wildman–Crippen LogP) is 2.88. The monoisotopic (exact) mass is 312 g/mol. The van der Waals surface area contributed by atoms with Crippen molar-refractivity contribution in [3.63, 3.8) is 0 Å². The van der Waals surface area contributed by atoms with Crippen molar-refractivity contribution in [2.45, 2.75) is 39.2 Å². The third-order valence-electron chi connectivity index (χ3n) is 4.00. The molecule has 1 saturated heterocycles. The number of hydrogen-bond donors (Lipinski definition) is 1. The number of carbonyl (C=O) groups is 2. The van der Waals surface area contributed by atoms with Crippen LogP contribution in [-0.2, 0) is 11.3 Å². The summed E-state index contributed by atoms with van der Waals surface area (Å²) in [4.78, 5) is 25.1. The van der Waals surface area contributed by atoms with Gasteiger partial charge in [0.15, 0.2) is 0 Å². The first kappa shape index (κ1) is 15.9. The number of carboxylic acid groups (broad SMARTS) is 1. The van der Waals surface area contributed by atoms with Crippen LogP contribution < -0.4 is 0 Å². The summed E-state index contributed by atoms with van der Waals surface area (Å²) < 4.78 is 1.85. The maximum Gasteiger partial charge on any atom is 0.303 e. The van der Waals surface area contributed by atoms with E-state index in [1.165, 1.54) is 0 Å². The molecule has 2 rings (SSSR count). The average Bonchev–Trinajstić information content (AvgIpc) is 2.85. The molecule has 21 heavy (non-hydrogen) atoms. The molecule has 0 aliphatic carbocycles. The summed E-state index contributed by atoms with van der Waals surface area (Å²) >= 11 is 5.98. The average molecular weight is 313 g/mol. The summed E-state index contributed by atoms with van der Waals surface area (Å²) in [7, 11) is 0. The van der Waals surface area contributed by atoms with Crippen LogP contribution >= 0.6 is 11.6 Å². The van der Waals surface area contributed by atoms with Gasteiger partial charge in [-0.05, 0) is 38.2 Å². The third kappa shape index (κ3) is 4.00. The second-order valence-corrected chi connectivity index (χ2v) is 5.96. The topological polar surface area (TPSA) is 62.5 Å². The van der Waals surface area contributed by atoms with E-state index in [2.05, 4.69) is 0 Å². The van der Waals surface area contributed by atoms with Crippen LogP contribution in [0.3, 0.4) is 0 Å². The van der Waals surface area contributed by atoms with Crippen LogP contribution in [0, 0.1) is 5.92 Å². The van der Waals surface area contributed by atoms with Crippen LogP contribution in [0.5, 0.6) is 0 Å². The minimum absolute atomic E-state index is 0.0104. The number of aromatic nitrogens is 1. The molecular weight excluding hydrogens is 292 g/mol. The van der Waals surface area contributed by atoms with E-state index in [4.69, 9.17) is 16.7 Å². The molecule has 5 nitrogen and oxygen atoms in total. The predicted molar refractivity (Wildman–Crippen MR) is 80.6 cm³/mol. The molecule has 0 bridgehead atoms. The van der Waals surface area contributed by atoms with Gasteiger partial charge in [0.1, 0.15) is 5.69 Å². The zero-order valence-electron chi connectivity index (χ0n) is 12.2. The number of likely N-dealkylation sites (tertiary alicyclic amines) is 1. The van der Waals surface area contributed by atoms with Crippen LogP contribution in [0.15, 0.2) is 12.3 Å². The molecule has 1 aliphatic heterocycles. The lowest BCUT2D eigenvalue weighted by Crippen LogP contribution is -2.40. The molecule has 1 aromatic heterocycles. The SMILES string of the molecule is CCn1cc(Cl)cc1C(=O)N1CCCC(CCC(=O)O)C1. The van der Waals surface area contributed by atoms with Gasteiger partial charge in [0.2, 0.25) is 0 Å². The van der Waals surface area contributed by atoms with Crippen molar-refractivity contribution in [1.29, 1.82) is 0 Å². The van der Waals surface area contributed by atoms with Crippen LogP contribution in [0.25, 0.3) is 0 Å². The number of hydrogen-bond acceptors (Lipinski definition) is 2. The van der Waals surface area contributed by atoms with Crippen molar-refractivity contribution < 1.29 is 14.7 Å². The smallest absolute Gasteiger partial charge is 0.303 e. The van der Waals surface area contributed by atoms with Gasteiger partial charge in [0.05, 0.1) is 5.02 Å². The summed E-state index contributed by atoms with van der Waals surface area (Å²) in [5.74, 6) is -0.506. The number of piperidine rings is 1. The molecule has 1 atom stereocenters. The third-order valence-corrected chi connectivity index (χ3v) is 4.20. The second kappa shape index (κ2) is 6.98. The zero-order valence-corrected chi connectivity index (χ0v) is 13.0. The van der Waals surface area contributed by atoms with Gasteiger partial charge in [-0.3, -0.25) is 9.59 Å². The van der Waals surface area contributed by atoms with E-state index in [1.807, 2.05) is 16.4 Å². The van der Waals surface area contributed by atoms with E-state index in [1.54, 1.807) is 12.3 Å². The minimum Gasteiger partial charge on any atom is -0.481 e. The molecule has 1 aromatic rings. The first-order chi connectivity index (χ1) is 10.0. The number of carbonyl (C=O) groups excluding carboxylic acids is 1. The normalized spacial score (nSPS) is 18.8. The molecule has 1 amide bonds. The summed E-state index contributed by atoms with van der Waals surface area (Å²) in [5, 5.41) is 9.34. The highest BCUT2D eigenvalue weighted by Gasteiger charge is 2.26. The first-order valence-electron chi connectivity index (χ1n) is 7.38. The van der Waals surface area contributed by atoms with Crippen LogP contribution in [0.2, 0.25) is 5.02 Å². The molecule has 1 aliphatic rings. The lowest BCUT2D eigenvalue weighted by Gasteiger charge is -2.32. The van der Waals surface area contributed by atoms with E-state index in [9.17, 15) is 9.59 Å². The quantitative estimate of drug-likeness (QED) is 0.909. The van der Waals surface area contributed by atoms with Gasteiger partial charge in [-0.1, -0.05) is 11.6 Å². The van der Waals surface area contributed by atoms with Crippen molar-refractivity contribution in [2.24, 2.45) is 5.92 Å². The minimum atomic E-state index is -0.773. The number of nitrogens with zero attached hydrogens (tertiary/aromatic N) is 2. The van der Waals surface area contributed by atoms with E-state index in [0.717, 1.165) is 19.4 Å². The molecule has 1 N–H and O–H groups in total. The summed E-state index contributed by atoms with van der Waals surface area (Å²) in [6.45, 7) is 4.04. The van der Waals surface area contributed by atoms with Crippen LogP contribution in [0.4, 0.5) is 0 Å². The van der Waals surface area contributed by atoms with Crippen molar-refractivity contribution in [2.75, 3.05) is 13.1 Å². The van der Waals surface area contributed by atoms with Gasteiger partial charge in [-0.2, -0.15) is 0 Å². The Morgan fingerprint density at radius 2 is 2.24 bits per heavy atom. The van der Waals surface area contributed by atoms with Gasteiger partial charge < -0.3 is 14.6 Å². The zero-order chi connectivity index (χ0) is 15.4. The Morgan fingerprint density at radius 3 is 2.90 bits per heavy atom. The molecule has 0 saturated carbocycles. The van der Waals surface area contributed by atoms with Gasteiger partial charge >= 0.3 is 5.97 Å². The Bertz CT molecular complexity index is 527. The summed E-state index contributed by atoms with van der Waals surface area (Å²) in [5.41, 5.74) is 0.612. The van der Waals surface area contributed by atoms with Gasteiger partial charge in [0.25, 0.3) is 5.91 Å². The highest BCUT2D eigenvalue weighted by atomic mass is 35.5. The molecule has 1 fully saturated rings. The number of aliphatic carboxylic acids is 1. The van der Waals surface area contributed by atoms with Gasteiger partial charge in [-0.25, -0.2) is 0 Å². The van der Waals surface area contributed by atoms with Crippen molar-refractivity contribution in [1.82, 2.24) is 9.47 Å². The standard InChI is InChI=1S/C15H21ClN2O3/c1-2-17-10-12(16)8-13(17)15(21)18-7-3-4-11(9-18)5-6-14(19)20/h8,10-11H,2-7,9H2,1H3,(H,19,20). The molecule has 1 unspecified atom stereocenters. The van der Waals surface area contributed by atoms with Crippen molar-refractivity contribution >= 4 is 23.5 Å². The Morgan fingerprint density at radius 1 is 1.48 bits per heavy atom. The largest absolute Gasteiger partial charge is 0.481 e. The lowest BCUT2D eigenvalue weighted by molar-refractivity contribution is -0.137. The van der Waals surface area contributed by atoms with Gasteiger partial charge in [-0.15, -0.1) is 0 Å². The van der Waals surface area contributed by atoms with E-state index in [-0.39, 0.29) is 18.2 Å².